The molecule has 2 aromatic rings. The van der Waals surface area contributed by atoms with Gasteiger partial charge in [-0.25, -0.2) is 0 Å². The molecule has 1 atom stereocenters. The molecular formula is C16H17ClN4O2. The molecule has 1 aliphatic heterocycles. The van der Waals surface area contributed by atoms with Gasteiger partial charge in [-0.2, -0.15) is 0 Å². The summed E-state index contributed by atoms with van der Waals surface area (Å²) in [5, 5.41) is 14.6. The van der Waals surface area contributed by atoms with E-state index in [0.717, 1.165) is 25.2 Å². The van der Waals surface area contributed by atoms with Gasteiger partial charge >= 0.3 is 0 Å². The van der Waals surface area contributed by atoms with E-state index >= 15 is 0 Å². The molecule has 0 aliphatic carbocycles. The van der Waals surface area contributed by atoms with Crippen LogP contribution in [0.3, 0.4) is 0 Å². The number of nitro groups is 1. The lowest BCUT2D eigenvalue weighted by Gasteiger charge is -2.36. The number of halogens is 1. The number of hydrogen-bond acceptors (Lipinski definition) is 5. The number of aromatic nitrogens is 1. The maximum atomic E-state index is 11.0. The van der Waals surface area contributed by atoms with Gasteiger partial charge in [0.1, 0.15) is 5.02 Å². The van der Waals surface area contributed by atoms with Crippen LogP contribution in [-0.4, -0.2) is 34.4 Å². The van der Waals surface area contributed by atoms with E-state index in [1.165, 1.54) is 5.56 Å². The molecule has 0 spiro atoms. The predicted octanol–water partition coefficient (Wildman–Crippen LogP) is 2.79. The van der Waals surface area contributed by atoms with E-state index in [1.807, 2.05) is 18.2 Å². The van der Waals surface area contributed by atoms with Crippen molar-refractivity contribution in [3.05, 3.63) is 69.0 Å². The monoisotopic (exact) mass is 332 g/mol. The highest BCUT2D eigenvalue weighted by Crippen LogP contribution is 2.28. The minimum absolute atomic E-state index is 0.0419. The molecule has 120 valence electrons. The summed E-state index contributed by atoms with van der Waals surface area (Å²) in [6.07, 6.45) is 3.57. The molecule has 1 saturated heterocycles. The normalized spacial score (nSPS) is 18.7. The van der Waals surface area contributed by atoms with Crippen molar-refractivity contribution in [2.45, 2.75) is 12.6 Å². The maximum Gasteiger partial charge on any atom is 0.288 e. The molecule has 1 fully saturated rings. The molecule has 1 unspecified atom stereocenters. The third-order valence-electron chi connectivity index (χ3n) is 4.04. The fourth-order valence-electron chi connectivity index (χ4n) is 2.88. The molecule has 0 radical (unpaired) electrons. The zero-order chi connectivity index (χ0) is 16.2. The molecule has 1 N–H and O–H groups in total. The van der Waals surface area contributed by atoms with Gasteiger partial charge < -0.3 is 5.32 Å². The van der Waals surface area contributed by atoms with Gasteiger partial charge in [-0.3, -0.25) is 20.0 Å². The number of nitrogens with zero attached hydrogens (tertiary/aromatic N) is 3. The molecule has 7 heteroatoms. The summed E-state index contributed by atoms with van der Waals surface area (Å²) < 4.78 is 0. The Morgan fingerprint density at radius 1 is 1.35 bits per heavy atom. The number of benzene rings is 1. The number of nitro benzene ring substituents is 1. The molecular weight excluding hydrogens is 316 g/mol. The van der Waals surface area contributed by atoms with Crippen molar-refractivity contribution in [3.8, 4) is 0 Å². The van der Waals surface area contributed by atoms with Crippen LogP contribution in [-0.2, 0) is 6.54 Å². The van der Waals surface area contributed by atoms with Crippen LogP contribution in [0.15, 0.2) is 42.7 Å². The molecule has 23 heavy (non-hydrogen) atoms. The van der Waals surface area contributed by atoms with E-state index < -0.39 is 4.92 Å². The zero-order valence-corrected chi connectivity index (χ0v) is 13.2. The molecule has 1 aliphatic rings. The number of rotatable bonds is 4. The minimum atomic E-state index is -0.441. The maximum absolute atomic E-state index is 11.0. The number of piperazine rings is 1. The second kappa shape index (κ2) is 7.04. The lowest BCUT2D eigenvalue weighted by molar-refractivity contribution is -0.384. The van der Waals surface area contributed by atoms with E-state index in [2.05, 4.69) is 15.2 Å². The van der Waals surface area contributed by atoms with Crippen molar-refractivity contribution in [1.82, 2.24) is 15.2 Å². The molecule has 3 rings (SSSR count). The van der Waals surface area contributed by atoms with Gasteiger partial charge in [-0.15, -0.1) is 0 Å². The van der Waals surface area contributed by atoms with Crippen LogP contribution >= 0.6 is 11.6 Å². The fourth-order valence-corrected chi connectivity index (χ4v) is 3.07. The van der Waals surface area contributed by atoms with Crippen LogP contribution in [0.5, 0.6) is 0 Å². The Morgan fingerprint density at radius 2 is 2.13 bits per heavy atom. The van der Waals surface area contributed by atoms with Gasteiger partial charge in [0, 0.05) is 50.7 Å². The summed E-state index contributed by atoms with van der Waals surface area (Å²) >= 11 is 5.89. The average Bonchev–Trinajstić information content (AvgIpc) is 2.57. The van der Waals surface area contributed by atoms with Crippen LogP contribution in [0.4, 0.5) is 5.69 Å². The van der Waals surface area contributed by atoms with Gasteiger partial charge in [-0.1, -0.05) is 17.7 Å². The molecule has 2 heterocycles. The Hall–Kier alpha value is -2.02. The van der Waals surface area contributed by atoms with E-state index in [4.69, 9.17) is 11.6 Å². The average molecular weight is 333 g/mol. The van der Waals surface area contributed by atoms with Gasteiger partial charge in [0.05, 0.1) is 4.92 Å². The standard InChI is InChI=1S/C16H17ClN4O2/c17-14-2-1-12(9-15(14)21(22)23)11-20-8-7-19-10-16(20)13-3-5-18-6-4-13/h1-6,9,16,19H,7-8,10-11H2. The Labute approximate surface area is 139 Å². The molecule has 0 saturated carbocycles. The fraction of sp³-hybridized carbons (Fsp3) is 0.312. The molecule has 1 aromatic carbocycles. The summed E-state index contributed by atoms with van der Waals surface area (Å²) in [4.78, 5) is 17.0. The lowest BCUT2D eigenvalue weighted by Crippen LogP contribution is -2.45. The van der Waals surface area contributed by atoms with Crippen LogP contribution in [0.25, 0.3) is 0 Å². The highest BCUT2D eigenvalue weighted by molar-refractivity contribution is 6.32. The minimum Gasteiger partial charge on any atom is -0.314 e. The van der Waals surface area contributed by atoms with Crippen LogP contribution in [0.2, 0.25) is 5.02 Å². The SMILES string of the molecule is O=[N+]([O-])c1cc(CN2CCNCC2c2ccncc2)ccc1Cl. The summed E-state index contributed by atoms with van der Waals surface area (Å²) in [6, 6.07) is 9.25. The van der Waals surface area contributed by atoms with Crippen molar-refractivity contribution in [2.75, 3.05) is 19.6 Å². The first kappa shape index (κ1) is 15.9. The third-order valence-corrected chi connectivity index (χ3v) is 4.36. The Balaban J connectivity index is 1.82. The summed E-state index contributed by atoms with van der Waals surface area (Å²) in [7, 11) is 0. The number of hydrogen-bond donors (Lipinski definition) is 1. The van der Waals surface area contributed by atoms with Crippen LogP contribution in [0, 0.1) is 10.1 Å². The zero-order valence-electron chi connectivity index (χ0n) is 12.5. The van der Waals surface area contributed by atoms with Crippen molar-refractivity contribution in [1.29, 1.82) is 0 Å². The highest BCUT2D eigenvalue weighted by Gasteiger charge is 2.24. The second-order valence-corrected chi connectivity index (χ2v) is 5.92. The van der Waals surface area contributed by atoms with Gasteiger partial charge in [0.15, 0.2) is 0 Å². The van der Waals surface area contributed by atoms with Crippen LogP contribution in [0.1, 0.15) is 17.2 Å². The highest BCUT2D eigenvalue weighted by atomic mass is 35.5. The number of pyridine rings is 1. The van der Waals surface area contributed by atoms with Crippen LogP contribution < -0.4 is 5.32 Å². The van der Waals surface area contributed by atoms with Crippen molar-refractivity contribution < 1.29 is 4.92 Å². The first-order valence-corrected chi connectivity index (χ1v) is 7.80. The van der Waals surface area contributed by atoms with Gasteiger partial charge in [-0.05, 0) is 29.3 Å². The topological polar surface area (TPSA) is 71.3 Å². The van der Waals surface area contributed by atoms with E-state index in [-0.39, 0.29) is 16.8 Å². The van der Waals surface area contributed by atoms with Gasteiger partial charge in [0.2, 0.25) is 0 Å². The Bertz CT molecular complexity index is 696. The number of nitrogens with one attached hydrogen (secondary N) is 1. The summed E-state index contributed by atoms with van der Waals surface area (Å²) in [6.45, 7) is 3.27. The second-order valence-electron chi connectivity index (χ2n) is 5.51. The summed E-state index contributed by atoms with van der Waals surface area (Å²) in [5.41, 5.74) is 2.04. The third kappa shape index (κ3) is 3.67. The first-order chi connectivity index (χ1) is 11.1. The van der Waals surface area contributed by atoms with E-state index in [1.54, 1.807) is 24.5 Å². The van der Waals surface area contributed by atoms with E-state index in [0.29, 0.717) is 6.54 Å². The molecule has 6 nitrogen and oxygen atoms in total. The molecule has 0 amide bonds. The Kier molecular flexibility index (Phi) is 4.85. The first-order valence-electron chi connectivity index (χ1n) is 7.42. The predicted molar refractivity (Wildman–Crippen MR) is 88.4 cm³/mol. The van der Waals surface area contributed by atoms with Crippen molar-refractivity contribution in [3.63, 3.8) is 0 Å². The largest absolute Gasteiger partial charge is 0.314 e. The van der Waals surface area contributed by atoms with E-state index in [9.17, 15) is 10.1 Å². The van der Waals surface area contributed by atoms with Crippen molar-refractivity contribution in [2.24, 2.45) is 0 Å². The van der Waals surface area contributed by atoms with Crippen molar-refractivity contribution >= 4 is 17.3 Å². The molecule has 1 aromatic heterocycles. The lowest BCUT2D eigenvalue weighted by atomic mass is 10.0. The van der Waals surface area contributed by atoms with Gasteiger partial charge in [0.25, 0.3) is 5.69 Å². The Morgan fingerprint density at radius 3 is 2.87 bits per heavy atom. The molecule has 0 bridgehead atoms. The summed E-state index contributed by atoms with van der Waals surface area (Å²) in [5.74, 6) is 0. The quantitative estimate of drug-likeness (QED) is 0.688. The smallest absolute Gasteiger partial charge is 0.288 e.